The van der Waals surface area contributed by atoms with E-state index in [0.717, 1.165) is 55.9 Å². The zero-order valence-electron chi connectivity index (χ0n) is 27.1. The molecule has 228 valence electrons. The van der Waals surface area contributed by atoms with Crippen LogP contribution in [0.15, 0.2) is 147 Å². The van der Waals surface area contributed by atoms with Crippen LogP contribution in [-0.4, -0.2) is 14.5 Å². The molecule has 0 aliphatic heterocycles. The second kappa shape index (κ2) is 14.4. The van der Waals surface area contributed by atoms with E-state index in [9.17, 15) is 0 Å². The second-order valence-corrected chi connectivity index (χ2v) is 10.1. The number of nitrogens with zero attached hydrogens (tertiary/aromatic N) is 3. The fraction of sp³-hybridized carbons (Fsp3) is 0.0952. The number of hydrogen-bond acceptors (Lipinski definition) is 3. The van der Waals surface area contributed by atoms with Gasteiger partial charge in [-0.2, -0.15) is 0 Å². The molecule has 0 atom stereocenters. The summed E-state index contributed by atoms with van der Waals surface area (Å²) in [6.07, 6.45) is 9.21. The zero-order chi connectivity index (χ0) is 32.6. The maximum atomic E-state index is 4.93. The van der Waals surface area contributed by atoms with Gasteiger partial charge in [0.2, 0.25) is 0 Å². The fourth-order valence-electron chi connectivity index (χ4n) is 5.86. The molecule has 1 N–H and O–H groups in total. The second-order valence-electron chi connectivity index (χ2n) is 10.1. The van der Waals surface area contributed by atoms with E-state index in [0.29, 0.717) is 5.82 Å². The van der Waals surface area contributed by atoms with E-state index in [2.05, 4.69) is 107 Å². The topological polar surface area (TPSA) is 42.7 Å². The van der Waals surface area contributed by atoms with Gasteiger partial charge in [-0.05, 0) is 53.3 Å². The Morgan fingerprint density at radius 3 is 2.22 bits per heavy atom. The predicted molar refractivity (Wildman–Crippen MR) is 201 cm³/mol. The van der Waals surface area contributed by atoms with Crippen molar-refractivity contribution >= 4 is 44.3 Å². The first kappa shape index (κ1) is 31.7. The largest absolute Gasteiger partial charge is 0.355 e. The predicted octanol–water partition coefficient (Wildman–Crippen LogP) is 11.9. The van der Waals surface area contributed by atoms with Crippen LogP contribution in [0.25, 0.3) is 67.0 Å². The van der Waals surface area contributed by atoms with Crippen LogP contribution in [0.3, 0.4) is 0 Å². The summed E-state index contributed by atoms with van der Waals surface area (Å²) in [5.74, 6) is 0.683. The van der Waals surface area contributed by atoms with Crippen molar-refractivity contribution in [3.05, 3.63) is 152 Å². The average Bonchev–Trinajstić information content (AvgIpc) is 3.49. The van der Waals surface area contributed by atoms with Gasteiger partial charge in [-0.3, -0.25) is 0 Å². The SMILES string of the molecule is C=C/C=C(\C=C)Nc1cc2ccc3cccc4c3c2c(c1C=C)n4-c1cccc(-c2nccc(-c3ccccc3)n2)c1.CC.CC. The first-order valence-corrected chi connectivity index (χ1v) is 15.9. The van der Waals surface area contributed by atoms with E-state index in [1.807, 2.05) is 70.3 Å². The molecule has 0 saturated carbocycles. The molecule has 0 spiro atoms. The van der Waals surface area contributed by atoms with Crippen molar-refractivity contribution in [2.24, 2.45) is 0 Å². The van der Waals surface area contributed by atoms with E-state index < -0.39 is 0 Å². The van der Waals surface area contributed by atoms with E-state index in [1.165, 1.54) is 16.2 Å². The lowest BCUT2D eigenvalue weighted by atomic mass is 9.98. The molecular formula is C42H40N4. The van der Waals surface area contributed by atoms with E-state index in [4.69, 9.17) is 4.98 Å². The highest BCUT2D eigenvalue weighted by Crippen LogP contribution is 2.43. The van der Waals surface area contributed by atoms with Gasteiger partial charge in [-0.15, -0.1) is 0 Å². The Morgan fingerprint density at radius 2 is 1.48 bits per heavy atom. The van der Waals surface area contributed by atoms with Crippen LogP contribution in [0, 0.1) is 0 Å². The minimum absolute atomic E-state index is 0.683. The lowest BCUT2D eigenvalue weighted by Crippen LogP contribution is -2.02. The van der Waals surface area contributed by atoms with Gasteiger partial charge in [-0.25, -0.2) is 9.97 Å². The van der Waals surface area contributed by atoms with Crippen molar-refractivity contribution in [3.8, 4) is 28.3 Å². The molecule has 2 heterocycles. The number of allylic oxidation sites excluding steroid dienone is 3. The number of hydrogen-bond donors (Lipinski definition) is 1. The van der Waals surface area contributed by atoms with Gasteiger partial charge in [-0.1, -0.05) is 126 Å². The Hall–Kier alpha value is -5.74. The molecule has 0 radical (unpaired) electrons. The molecule has 0 unspecified atom stereocenters. The molecule has 4 heteroatoms. The number of anilines is 1. The molecular weight excluding hydrogens is 560 g/mol. The first-order chi connectivity index (χ1) is 22.7. The van der Waals surface area contributed by atoms with Gasteiger partial charge in [0.25, 0.3) is 0 Å². The van der Waals surface area contributed by atoms with Crippen LogP contribution >= 0.6 is 0 Å². The fourth-order valence-corrected chi connectivity index (χ4v) is 5.86. The molecule has 7 aromatic rings. The third-order valence-corrected chi connectivity index (χ3v) is 7.69. The summed E-state index contributed by atoms with van der Waals surface area (Å²) < 4.78 is 2.34. The van der Waals surface area contributed by atoms with Gasteiger partial charge in [0.15, 0.2) is 5.82 Å². The van der Waals surface area contributed by atoms with Crippen LogP contribution < -0.4 is 5.32 Å². The smallest absolute Gasteiger partial charge is 0.159 e. The average molecular weight is 601 g/mol. The molecule has 7 rings (SSSR count). The minimum Gasteiger partial charge on any atom is -0.355 e. The highest BCUT2D eigenvalue weighted by Gasteiger charge is 2.21. The molecule has 2 aromatic heterocycles. The standard InChI is InChI=1S/C38H28N4.2C2H6/c1-4-12-29(5-2)40-33-24-27-20-19-26-15-11-18-34-35(26)36(27)37(31(33)6-3)42(34)30-17-10-16-28(23-30)38-39-22-21-32(41-38)25-13-8-7-9-14-25;2*1-2/h4-24,40H,1-3H2;2*1-2H3/b29-12+;;. The van der Waals surface area contributed by atoms with Crippen molar-refractivity contribution in [1.29, 1.82) is 0 Å². The van der Waals surface area contributed by atoms with Gasteiger partial charge >= 0.3 is 0 Å². The van der Waals surface area contributed by atoms with Crippen molar-refractivity contribution < 1.29 is 0 Å². The summed E-state index contributed by atoms with van der Waals surface area (Å²) in [5, 5.41) is 8.35. The Balaban J connectivity index is 0.00000100. The van der Waals surface area contributed by atoms with Crippen molar-refractivity contribution in [2.75, 3.05) is 5.32 Å². The van der Waals surface area contributed by atoms with Gasteiger partial charge in [0.1, 0.15) is 0 Å². The molecule has 0 bridgehead atoms. The summed E-state index contributed by atoms with van der Waals surface area (Å²) >= 11 is 0. The number of rotatable bonds is 8. The highest BCUT2D eigenvalue weighted by molar-refractivity contribution is 6.26. The first-order valence-electron chi connectivity index (χ1n) is 15.9. The lowest BCUT2D eigenvalue weighted by molar-refractivity contribution is 1.15. The quantitative estimate of drug-likeness (QED) is 0.139. The maximum Gasteiger partial charge on any atom is 0.159 e. The third-order valence-electron chi connectivity index (χ3n) is 7.69. The van der Waals surface area contributed by atoms with E-state index in [-0.39, 0.29) is 0 Å². The van der Waals surface area contributed by atoms with Gasteiger partial charge in [0.05, 0.1) is 16.7 Å². The molecule has 0 amide bonds. The van der Waals surface area contributed by atoms with Gasteiger partial charge in [0, 0.05) is 50.7 Å². The minimum atomic E-state index is 0.683. The van der Waals surface area contributed by atoms with Crippen LogP contribution in [0.4, 0.5) is 5.69 Å². The Bertz CT molecular complexity index is 2170. The van der Waals surface area contributed by atoms with Gasteiger partial charge < -0.3 is 9.88 Å². The molecule has 0 fully saturated rings. The molecule has 46 heavy (non-hydrogen) atoms. The normalized spacial score (nSPS) is 11.0. The van der Waals surface area contributed by atoms with E-state index >= 15 is 0 Å². The summed E-state index contributed by atoms with van der Waals surface area (Å²) in [4.78, 5) is 9.57. The molecule has 0 saturated heterocycles. The van der Waals surface area contributed by atoms with Crippen LogP contribution in [0.5, 0.6) is 0 Å². The summed E-state index contributed by atoms with van der Waals surface area (Å²) in [6.45, 7) is 20.1. The summed E-state index contributed by atoms with van der Waals surface area (Å²) in [5.41, 5.74) is 8.97. The molecule has 4 nitrogen and oxygen atoms in total. The van der Waals surface area contributed by atoms with Crippen molar-refractivity contribution in [2.45, 2.75) is 27.7 Å². The number of aromatic nitrogens is 3. The van der Waals surface area contributed by atoms with Crippen molar-refractivity contribution in [3.63, 3.8) is 0 Å². The number of nitrogens with one attached hydrogen (secondary N) is 1. The summed E-state index contributed by atoms with van der Waals surface area (Å²) in [7, 11) is 0. The monoisotopic (exact) mass is 600 g/mol. The highest BCUT2D eigenvalue weighted by atomic mass is 15.0. The number of benzene rings is 5. The third kappa shape index (κ3) is 5.73. The summed E-state index contributed by atoms with van der Waals surface area (Å²) in [6, 6.07) is 33.6. The lowest BCUT2D eigenvalue weighted by Gasteiger charge is -2.16. The van der Waals surface area contributed by atoms with Crippen LogP contribution in [0.2, 0.25) is 0 Å². The maximum absolute atomic E-state index is 4.93. The Kier molecular flexibility index (Phi) is 9.89. The van der Waals surface area contributed by atoms with E-state index in [1.54, 1.807) is 12.2 Å². The Labute approximate surface area is 272 Å². The molecule has 0 aliphatic carbocycles. The Morgan fingerprint density at radius 1 is 0.739 bits per heavy atom. The van der Waals surface area contributed by atoms with Crippen LogP contribution in [-0.2, 0) is 0 Å². The van der Waals surface area contributed by atoms with Crippen molar-refractivity contribution in [1.82, 2.24) is 14.5 Å². The molecule has 5 aromatic carbocycles. The zero-order valence-corrected chi connectivity index (χ0v) is 27.1. The molecule has 0 aliphatic rings. The van der Waals surface area contributed by atoms with Crippen LogP contribution in [0.1, 0.15) is 33.3 Å².